The zero-order chi connectivity index (χ0) is 39.6. The Balaban J connectivity index is 2.46. The van der Waals surface area contributed by atoms with Crippen LogP contribution in [0.5, 0.6) is 5.75 Å². The molecule has 0 aliphatic heterocycles. The summed E-state index contributed by atoms with van der Waals surface area (Å²) in [6.07, 6.45) is -6.19. The van der Waals surface area contributed by atoms with Crippen LogP contribution in [-0.2, 0) is 60.6 Å². The first-order valence-corrected chi connectivity index (χ1v) is 17.0. The fourth-order valence-corrected chi connectivity index (χ4v) is 5.45. The number of ether oxygens (including phenoxy) is 4. The lowest BCUT2D eigenvalue weighted by Gasteiger charge is -2.26. The largest absolute Gasteiger partial charge is 0.497 e. The summed E-state index contributed by atoms with van der Waals surface area (Å²) < 4.78 is 58.6. The van der Waals surface area contributed by atoms with E-state index < -0.39 is 77.6 Å². The third-order valence-electron chi connectivity index (χ3n) is 7.43. The molecule has 0 radical (unpaired) electrons. The predicted molar refractivity (Wildman–Crippen MR) is 183 cm³/mol. The number of rotatable bonds is 20. The highest BCUT2D eigenvalue weighted by atomic mass is 32.2. The number of methoxy groups -OCH3 is 4. The molecule has 4 unspecified atom stereocenters. The molecule has 15 nitrogen and oxygen atoms in total. The fraction of sp³-hybridized carbons (Fsp3) is 0.441. The summed E-state index contributed by atoms with van der Waals surface area (Å²) in [7, 11) is 4.74. The lowest BCUT2D eigenvalue weighted by molar-refractivity contribution is -0.174. The first-order chi connectivity index (χ1) is 25.1. The van der Waals surface area contributed by atoms with Crippen molar-refractivity contribution in [1.29, 1.82) is 0 Å². The summed E-state index contributed by atoms with van der Waals surface area (Å²) in [6, 6.07) is 8.53. The van der Waals surface area contributed by atoms with E-state index in [0.29, 0.717) is 28.6 Å². The molecule has 0 saturated carbocycles. The monoisotopic (exact) mass is 770 g/mol. The van der Waals surface area contributed by atoms with Crippen LogP contribution in [0.4, 0.5) is 13.2 Å². The Morgan fingerprint density at radius 1 is 0.642 bits per heavy atom. The predicted octanol–water partition coefficient (Wildman–Crippen LogP) is 1.01. The van der Waals surface area contributed by atoms with Crippen LogP contribution < -0.4 is 26.0 Å². The Morgan fingerprint density at radius 3 is 1.64 bits per heavy atom. The summed E-state index contributed by atoms with van der Waals surface area (Å²) in [5, 5.41) is 8.98. The summed E-state index contributed by atoms with van der Waals surface area (Å²) >= 11 is 0.700. The van der Waals surface area contributed by atoms with Gasteiger partial charge in [0.1, 0.15) is 29.9 Å². The molecule has 0 spiro atoms. The summed E-state index contributed by atoms with van der Waals surface area (Å²) in [6.45, 7) is 0. The standard InChI is InChI=1S/C34H41F3N4O11S/c1-49-22-12-10-21(11-13-22)17-25(40-31(46)26(18-53-19-28(43)51-3)41-33(48)34(35,36)37)30(45)39-24(16-20-8-6-5-7-9-20)29(44)38-23(32(47)52-4)14-15-27(42)50-2/h5-13,23-26H,14-19H2,1-4H3,(H,38,44)(H,39,45)(H,40,46)(H,41,48). The molecule has 4 amide bonds. The van der Waals surface area contributed by atoms with Gasteiger partial charge in [-0.25, -0.2) is 4.79 Å². The minimum atomic E-state index is -5.36. The average molecular weight is 771 g/mol. The molecule has 0 aliphatic rings. The number of nitrogens with one attached hydrogen (secondary N) is 4. The lowest BCUT2D eigenvalue weighted by Crippen LogP contribution is -2.59. The molecule has 0 saturated heterocycles. The van der Waals surface area contributed by atoms with Gasteiger partial charge >= 0.3 is 30.0 Å². The van der Waals surface area contributed by atoms with E-state index in [1.54, 1.807) is 59.9 Å². The van der Waals surface area contributed by atoms with Gasteiger partial charge in [-0.2, -0.15) is 13.2 Å². The topological polar surface area (TPSA) is 205 Å². The van der Waals surface area contributed by atoms with Crippen LogP contribution >= 0.6 is 11.8 Å². The highest BCUT2D eigenvalue weighted by Crippen LogP contribution is 2.17. The molecular formula is C34H41F3N4O11S. The molecule has 0 bridgehead atoms. The Kier molecular flexibility index (Phi) is 18.1. The molecular weight excluding hydrogens is 729 g/mol. The van der Waals surface area contributed by atoms with E-state index in [0.717, 1.165) is 21.3 Å². The summed E-state index contributed by atoms with van der Waals surface area (Å²) in [5.41, 5.74) is 1.03. The van der Waals surface area contributed by atoms with Crippen LogP contribution in [0.2, 0.25) is 0 Å². The van der Waals surface area contributed by atoms with Gasteiger partial charge in [-0.1, -0.05) is 42.5 Å². The quantitative estimate of drug-likeness (QED) is 0.110. The number of carbonyl (C=O) groups excluding carboxylic acids is 7. The van der Waals surface area contributed by atoms with Crippen molar-refractivity contribution >= 4 is 53.3 Å². The highest BCUT2D eigenvalue weighted by molar-refractivity contribution is 8.00. The average Bonchev–Trinajstić information content (AvgIpc) is 3.14. The van der Waals surface area contributed by atoms with E-state index in [-0.39, 0.29) is 31.4 Å². The van der Waals surface area contributed by atoms with Crippen molar-refractivity contribution in [3.05, 3.63) is 65.7 Å². The van der Waals surface area contributed by atoms with Crippen molar-refractivity contribution < 1.29 is 65.7 Å². The zero-order valence-corrected chi connectivity index (χ0v) is 30.1. The Hall–Kier alpha value is -5.33. The number of esters is 3. The van der Waals surface area contributed by atoms with Gasteiger partial charge in [0.05, 0.1) is 34.2 Å². The van der Waals surface area contributed by atoms with Crippen molar-refractivity contribution in [3.63, 3.8) is 0 Å². The van der Waals surface area contributed by atoms with Gasteiger partial charge in [0.2, 0.25) is 17.7 Å². The smallest absolute Gasteiger partial charge is 0.471 e. The lowest BCUT2D eigenvalue weighted by atomic mass is 10.0. The molecule has 2 aromatic carbocycles. The second kappa shape index (κ2) is 21.9. The van der Waals surface area contributed by atoms with Gasteiger partial charge in [-0.05, 0) is 29.7 Å². The van der Waals surface area contributed by atoms with Crippen LogP contribution in [0.3, 0.4) is 0 Å². The number of thioether (sulfide) groups is 1. The van der Waals surface area contributed by atoms with Crippen LogP contribution in [0, 0.1) is 0 Å². The molecule has 0 aromatic heterocycles. The van der Waals surface area contributed by atoms with Crippen LogP contribution in [0.25, 0.3) is 0 Å². The van der Waals surface area contributed by atoms with Gasteiger partial charge in [-0.15, -0.1) is 11.8 Å². The van der Waals surface area contributed by atoms with E-state index in [2.05, 4.69) is 25.4 Å². The van der Waals surface area contributed by atoms with Crippen molar-refractivity contribution in [2.45, 2.75) is 56.0 Å². The third kappa shape index (κ3) is 15.4. The molecule has 53 heavy (non-hydrogen) atoms. The van der Waals surface area contributed by atoms with Crippen LogP contribution in [0.15, 0.2) is 54.6 Å². The number of hydrogen-bond donors (Lipinski definition) is 4. The minimum absolute atomic E-state index is 0.124. The van der Waals surface area contributed by atoms with E-state index in [1.807, 2.05) is 0 Å². The van der Waals surface area contributed by atoms with Gasteiger partial charge < -0.3 is 40.2 Å². The van der Waals surface area contributed by atoms with Gasteiger partial charge in [-0.3, -0.25) is 28.8 Å². The zero-order valence-electron chi connectivity index (χ0n) is 29.3. The maximum absolute atomic E-state index is 14.0. The summed E-state index contributed by atoms with van der Waals surface area (Å²) in [4.78, 5) is 88.8. The fourth-order valence-electron chi connectivity index (χ4n) is 4.58. The summed E-state index contributed by atoms with van der Waals surface area (Å²) in [5.74, 6) is -8.16. The van der Waals surface area contributed by atoms with Crippen molar-refractivity contribution in [2.75, 3.05) is 39.9 Å². The maximum Gasteiger partial charge on any atom is 0.471 e. The van der Waals surface area contributed by atoms with Crippen LogP contribution in [0.1, 0.15) is 24.0 Å². The number of halogens is 3. The second-order valence-corrected chi connectivity index (χ2v) is 12.2. The number of amides is 4. The number of hydrogen-bond acceptors (Lipinski definition) is 12. The second-order valence-electron chi connectivity index (χ2n) is 11.2. The Morgan fingerprint density at radius 2 is 1.15 bits per heavy atom. The molecule has 2 aromatic rings. The Labute approximate surface area is 307 Å². The van der Waals surface area contributed by atoms with Crippen LogP contribution in [-0.4, -0.2) is 112 Å². The molecule has 4 atom stereocenters. The molecule has 19 heteroatoms. The van der Waals surface area contributed by atoms with E-state index in [9.17, 15) is 46.7 Å². The van der Waals surface area contributed by atoms with Crippen molar-refractivity contribution in [1.82, 2.24) is 21.3 Å². The van der Waals surface area contributed by atoms with Crippen molar-refractivity contribution in [2.24, 2.45) is 0 Å². The molecule has 290 valence electrons. The number of benzene rings is 2. The van der Waals surface area contributed by atoms with Gasteiger partial charge in [0, 0.05) is 25.0 Å². The third-order valence-corrected chi connectivity index (χ3v) is 8.43. The molecule has 4 N–H and O–H groups in total. The van der Waals surface area contributed by atoms with E-state index in [1.165, 1.54) is 7.11 Å². The van der Waals surface area contributed by atoms with E-state index in [4.69, 9.17) is 9.47 Å². The first-order valence-electron chi connectivity index (χ1n) is 15.9. The maximum atomic E-state index is 14.0. The first kappa shape index (κ1) is 43.8. The minimum Gasteiger partial charge on any atom is -0.497 e. The normalized spacial score (nSPS) is 13.2. The Bertz CT molecular complexity index is 1560. The SMILES string of the molecule is COC(=O)CCC(NC(=O)C(Cc1ccccc1)NC(=O)C(Cc1ccc(OC)cc1)NC(=O)C(CSCC(=O)OC)NC(=O)C(F)(F)F)C(=O)OC. The molecule has 0 fully saturated rings. The van der Waals surface area contributed by atoms with Crippen molar-refractivity contribution in [3.8, 4) is 5.75 Å². The molecule has 0 aliphatic carbocycles. The molecule has 0 heterocycles. The number of carbonyl (C=O) groups is 7. The highest BCUT2D eigenvalue weighted by Gasteiger charge is 2.41. The van der Waals surface area contributed by atoms with Gasteiger partial charge in [0.15, 0.2) is 0 Å². The number of alkyl halides is 3. The molecule has 2 rings (SSSR count). The van der Waals surface area contributed by atoms with Gasteiger partial charge in [0.25, 0.3) is 0 Å². The van der Waals surface area contributed by atoms with E-state index >= 15 is 0 Å².